The number of ether oxygens (including phenoxy) is 2. The first kappa shape index (κ1) is 24.7. The quantitative estimate of drug-likeness (QED) is 0.290. The molecule has 1 aliphatic heterocycles. The highest BCUT2D eigenvalue weighted by atomic mass is 35.5. The van der Waals surface area contributed by atoms with Gasteiger partial charge in [0.1, 0.15) is 17.7 Å². The summed E-state index contributed by atoms with van der Waals surface area (Å²) in [5.74, 6) is 0.542. The number of carbonyl (C=O) groups is 1. The number of aromatic nitrogens is 2. The van der Waals surface area contributed by atoms with Gasteiger partial charge in [0.05, 0.1) is 22.1 Å². The highest BCUT2D eigenvalue weighted by molar-refractivity contribution is 6.39. The maximum absolute atomic E-state index is 12.7. The van der Waals surface area contributed by atoms with Crippen molar-refractivity contribution in [3.05, 3.63) is 70.0 Å². The summed E-state index contributed by atoms with van der Waals surface area (Å²) in [5.41, 5.74) is 3.88. The second-order valence-corrected chi connectivity index (χ2v) is 10.8. The number of carbonyl (C=O) groups excluding carboxylic acids is 1. The number of hydrogen-bond donors (Lipinski definition) is 0. The minimum atomic E-state index is -0.508. The highest BCUT2D eigenvalue weighted by Gasteiger charge is 2.25. The number of halogens is 2. The number of nitrogens with zero attached hydrogens (tertiary/aromatic N) is 3. The van der Waals surface area contributed by atoms with E-state index >= 15 is 0 Å². The van der Waals surface area contributed by atoms with E-state index < -0.39 is 5.60 Å². The normalized spacial score (nSPS) is 14.1. The Hall–Kier alpha value is -2.96. The molecule has 6 nitrogen and oxygen atoms in total. The van der Waals surface area contributed by atoms with Gasteiger partial charge in [-0.15, -0.1) is 0 Å². The number of rotatable bonds is 4. The molecule has 5 rings (SSSR count). The van der Waals surface area contributed by atoms with Crippen LogP contribution in [0.2, 0.25) is 10.0 Å². The van der Waals surface area contributed by atoms with Crippen LogP contribution in [0.1, 0.15) is 31.9 Å². The second kappa shape index (κ2) is 9.83. The summed E-state index contributed by atoms with van der Waals surface area (Å²) in [4.78, 5) is 18.9. The second-order valence-electron chi connectivity index (χ2n) is 10.0. The van der Waals surface area contributed by atoms with E-state index in [1.165, 1.54) is 22.0 Å². The van der Waals surface area contributed by atoms with E-state index in [4.69, 9.17) is 32.7 Å². The van der Waals surface area contributed by atoms with Crippen molar-refractivity contribution in [2.75, 3.05) is 19.7 Å². The summed E-state index contributed by atoms with van der Waals surface area (Å²) in [7, 11) is 0. The van der Waals surface area contributed by atoms with E-state index in [-0.39, 0.29) is 6.09 Å². The number of hydrogen-bond acceptors (Lipinski definition) is 4. The summed E-state index contributed by atoms with van der Waals surface area (Å²) in [6.45, 7) is 8.02. The van der Waals surface area contributed by atoms with Crippen molar-refractivity contribution in [3.8, 4) is 5.75 Å². The van der Waals surface area contributed by atoms with Crippen LogP contribution in [0.4, 0.5) is 4.79 Å². The summed E-state index contributed by atoms with van der Waals surface area (Å²) in [5, 5.41) is 2.98. The molecule has 0 unspecified atom stereocenters. The van der Waals surface area contributed by atoms with Crippen LogP contribution >= 0.6 is 23.2 Å². The third kappa shape index (κ3) is 4.97. The van der Waals surface area contributed by atoms with Crippen LogP contribution in [-0.2, 0) is 24.1 Å². The predicted molar refractivity (Wildman–Crippen MR) is 144 cm³/mol. The van der Waals surface area contributed by atoms with Crippen molar-refractivity contribution in [1.29, 1.82) is 0 Å². The van der Waals surface area contributed by atoms with Gasteiger partial charge in [-0.3, -0.25) is 4.98 Å². The Balaban J connectivity index is 1.36. The van der Waals surface area contributed by atoms with Gasteiger partial charge >= 0.3 is 6.09 Å². The Bertz CT molecular complexity index is 1440. The largest absolute Gasteiger partial charge is 0.488 e. The first-order chi connectivity index (χ1) is 17.2. The molecule has 36 heavy (non-hydrogen) atoms. The molecule has 0 atom stereocenters. The van der Waals surface area contributed by atoms with Crippen molar-refractivity contribution in [1.82, 2.24) is 14.5 Å². The Morgan fingerprint density at radius 2 is 1.89 bits per heavy atom. The van der Waals surface area contributed by atoms with Crippen LogP contribution in [0.25, 0.3) is 21.8 Å². The van der Waals surface area contributed by atoms with Crippen molar-refractivity contribution in [3.63, 3.8) is 0 Å². The molecule has 0 fully saturated rings. The number of amides is 1. The van der Waals surface area contributed by atoms with Gasteiger partial charge in [0, 0.05) is 30.9 Å². The third-order valence-corrected chi connectivity index (χ3v) is 6.99. The van der Waals surface area contributed by atoms with Gasteiger partial charge in [0.25, 0.3) is 0 Å². The average molecular weight is 526 g/mol. The van der Waals surface area contributed by atoms with Gasteiger partial charge in [-0.25, -0.2) is 4.79 Å². The first-order valence-corrected chi connectivity index (χ1v) is 12.9. The monoisotopic (exact) mass is 525 g/mol. The van der Waals surface area contributed by atoms with E-state index in [9.17, 15) is 4.79 Å². The summed E-state index contributed by atoms with van der Waals surface area (Å²) >= 11 is 12.8. The lowest BCUT2D eigenvalue weighted by Crippen LogP contribution is -2.38. The van der Waals surface area contributed by atoms with Crippen molar-refractivity contribution >= 4 is 51.1 Å². The number of pyridine rings is 1. The van der Waals surface area contributed by atoms with Crippen LogP contribution in [0.15, 0.2) is 48.8 Å². The average Bonchev–Trinajstić information content (AvgIpc) is 3.10. The van der Waals surface area contributed by atoms with Crippen molar-refractivity contribution in [2.24, 2.45) is 0 Å². The van der Waals surface area contributed by atoms with E-state index in [1.807, 2.05) is 37.8 Å². The van der Waals surface area contributed by atoms with Crippen LogP contribution in [-0.4, -0.2) is 45.8 Å². The molecule has 0 saturated carbocycles. The number of fused-ring (bicyclic) bond motifs is 4. The van der Waals surface area contributed by atoms with E-state index in [0.29, 0.717) is 47.6 Å². The lowest BCUT2D eigenvalue weighted by Gasteiger charge is -2.26. The topological polar surface area (TPSA) is 56.6 Å². The Morgan fingerprint density at radius 3 is 2.69 bits per heavy atom. The van der Waals surface area contributed by atoms with Crippen LogP contribution < -0.4 is 4.74 Å². The first-order valence-electron chi connectivity index (χ1n) is 12.1. The van der Waals surface area contributed by atoms with Crippen LogP contribution in [0, 0.1) is 0 Å². The van der Waals surface area contributed by atoms with E-state index in [1.54, 1.807) is 12.3 Å². The maximum atomic E-state index is 12.7. The fourth-order valence-corrected chi connectivity index (χ4v) is 5.34. The Kier molecular flexibility index (Phi) is 6.75. The highest BCUT2D eigenvalue weighted by Crippen LogP contribution is 2.37. The zero-order valence-electron chi connectivity index (χ0n) is 20.7. The van der Waals surface area contributed by atoms with Crippen molar-refractivity contribution < 1.29 is 14.3 Å². The van der Waals surface area contributed by atoms with Gasteiger partial charge in [-0.1, -0.05) is 35.3 Å². The van der Waals surface area contributed by atoms with Gasteiger partial charge in [-0.2, -0.15) is 0 Å². The zero-order chi connectivity index (χ0) is 25.4. The van der Waals surface area contributed by atoms with Crippen molar-refractivity contribution in [2.45, 2.75) is 45.8 Å². The summed E-state index contributed by atoms with van der Waals surface area (Å²) in [6, 6.07) is 11.9. The van der Waals surface area contributed by atoms with Gasteiger partial charge in [0.2, 0.25) is 0 Å². The molecule has 0 radical (unpaired) electrons. The molecule has 0 saturated heterocycles. The molecule has 1 amide bonds. The smallest absolute Gasteiger partial charge is 0.410 e. The molecule has 0 spiro atoms. The zero-order valence-corrected chi connectivity index (χ0v) is 22.2. The molecule has 3 heterocycles. The van der Waals surface area contributed by atoms with Crippen LogP contribution in [0.5, 0.6) is 5.75 Å². The van der Waals surface area contributed by atoms with Gasteiger partial charge < -0.3 is 18.9 Å². The molecule has 4 aromatic rings. The number of benzene rings is 2. The standard InChI is InChI=1S/C28H29Cl2N3O3/c1-28(2,3)36-27(34)33-13-8-18-6-7-19-9-12-32(25(19)20(18)10-14-33)15-16-35-26-23(30)17-22(29)21-5-4-11-31-24(21)26/h4-7,9,11-12,17H,8,10,13-16H2,1-3H3. The molecule has 0 bridgehead atoms. The molecule has 0 N–H and O–H groups in total. The van der Waals surface area contributed by atoms with E-state index in [0.717, 1.165) is 18.2 Å². The molecular weight excluding hydrogens is 497 g/mol. The maximum Gasteiger partial charge on any atom is 0.410 e. The van der Waals surface area contributed by atoms with Gasteiger partial charge in [-0.05, 0) is 74.4 Å². The SMILES string of the molecule is CC(C)(C)OC(=O)N1CCc2ccc3ccn(CCOc4c(Cl)cc(Cl)c5cccnc45)c3c2CC1. The third-order valence-electron chi connectivity index (χ3n) is 6.40. The minimum Gasteiger partial charge on any atom is -0.488 e. The minimum absolute atomic E-state index is 0.254. The summed E-state index contributed by atoms with van der Waals surface area (Å²) in [6.07, 6.45) is 5.11. The Labute approximate surface area is 220 Å². The molecule has 1 aliphatic rings. The lowest BCUT2D eigenvalue weighted by molar-refractivity contribution is 0.0258. The molecule has 188 valence electrons. The molecule has 8 heteroatoms. The Morgan fingerprint density at radius 1 is 1.08 bits per heavy atom. The predicted octanol–water partition coefficient (Wildman–Crippen LogP) is 6.91. The fourth-order valence-electron chi connectivity index (χ4n) is 4.77. The molecule has 2 aromatic carbocycles. The van der Waals surface area contributed by atoms with Crippen LogP contribution in [0.3, 0.4) is 0 Å². The molecular formula is C28H29Cl2N3O3. The lowest BCUT2D eigenvalue weighted by atomic mass is 10.00. The van der Waals surface area contributed by atoms with E-state index in [2.05, 4.69) is 33.9 Å². The summed E-state index contributed by atoms with van der Waals surface area (Å²) < 4.78 is 14.0. The molecule has 0 aliphatic carbocycles. The fraction of sp³-hybridized carbons (Fsp3) is 0.357. The van der Waals surface area contributed by atoms with Gasteiger partial charge in [0.15, 0.2) is 5.75 Å². The molecule has 2 aromatic heterocycles.